The van der Waals surface area contributed by atoms with Crippen LogP contribution < -0.4 is 28.0 Å². The smallest absolute Gasteiger partial charge is 0.0777 e. The summed E-state index contributed by atoms with van der Waals surface area (Å²) in [5, 5.41) is 0. The molecular formula is H10Cl2FeO12. The summed E-state index contributed by atoms with van der Waals surface area (Å²) in [6.07, 6.45) is 0. The first kappa shape index (κ1) is 44.9. The summed E-state index contributed by atoms with van der Waals surface area (Å²) in [5.41, 5.74) is 0. The fourth-order valence-electron chi connectivity index (χ4n) is 0. The summed E-state index contributed by atoms with van der Waals surface area (Å²) >= 11 is 0. The Labute approximate surface area is 97.2 Å². The van der Waals surface area contributed by atoms with E-state index in [1.807, 2.05) is 0 Å². The zero-order valence-corrected chi connectivity index (χ0v) is 9.07. The molecular weight excluding hydrogens is 319 g/mol. The van der Waals surface area contributed by atoms with Gasteiger partial charge in [-0.05, 0) is 0 Å². The minimum Gasteiger partial charge on any atom is -0.412 e. The van der Waals surface area contributed by atoms with Crippen LogP contribution in [-0.4, -0.2) is 31.2 Å². The molecule has 0 atom stereocenters. The second-order valence-corrected chi connectivity index (χ2v) is 2.38. The predicted molar refractivity (Wildman–Crippen MR) is 18.9 cm³/mol. The van der Waals surface area contributed by atoms with Crippen molar-refractivity contribution < 1.29 is 96.7 Å². The second-order valence-electron chi connectivity index (χ2n) is 0.792. The van der Waals surface area contributed by atoms with Crippen LogP contribution in [0, 0.1) is 20.5 Å². The Bertz CT molecular complexity index is 56.6. The number of rotatable bonds is 0. The molecule has 0 saturated heterocycles. The van der Waals surface area contributed by atoms with Crippen molar-refractivity contribution in [3.8, 4) is 0 Å². The Balaban J connectivity index is -0.0000000128. The molecule has 10 N–H and O–H groups in total. The molecule has 0 saturated carbocycles. The molecule has 0 amide bonds. The van der Waals surface area contributed by atoms with E-state index in [0.717, 1.165) is 0 Å². The molecule has 0 rings (SSSR count). The van der Waals surface area contributed by atoms with Crippen molar-refractivity contribution in [3.63, 3.8) is 0 Å². The normalized spacial score (nSPS) is 8.00. The van der Waals surface area contributed by atoms with Gasteiger partial charge >= 0.3 is 0 Å². The Hall–Kier alpha value is 0.619. The van der Waals surface area contributed by atoms with Crippen molar-refractivity contribution in [2.24, 2.45) is 0 Å². The summed E-state index contributed by atoms with van der Waals surface area (Å²) in [5.74, 6) is 0. The Morgan fingerprint density at radius 2 is 0.533 bits per heavy atom. The van der Waals surface area contributed by atoms with Gasteiger partial charge in [-0.3, -0.25) is 0 Å². The molecule has 0 aliphatic carbocycles. The molecule has 15 heteroatoms. The van der Waals surface area contributed by atoms with E-state index in [1.54, 1.807) is 0 Å². The third kappa shape index (κ3) is 6070. The second kappa shape index (κ2) is 17.0. The molecule has 15 heavy (non-hydrogen) atoms. The largest absolute Gasteiger partial charge is 0.412 e. The molecule has 0 unspecified atom stereocenters. The van der Waals surface area contributed by atoms with Gasteiger partial charge in [0, 0.05) is 17.1 Å². The number of hydrogen-bond donors (Lipinski definition) is 2. The van der Waals surface area contributed by atoms with Gasteiger partial charge in [0.2, 0.25) is 0 Å². The first-order valence-electron chi connectivity index (χ1n) is 1.26. The molecule has 0 aromatic carbocycles. The van der Waals surface area contributed by atoms with Crippen LogP contribution in [0.2, 0.25) is 0 Å². The van der Waals surface area contributed by atoms with Crippen molar-refractivity contribution in [3.05, 3.63) is 0 Å². The quantitative estimate of drug-likeness (QED) is 0.400. The summed E-state index contributed by atoms with van der Waals surface area (Å²) in [6.45, 7) is 0. The molecule has 0 aliphatic rings. The average Bonchev–Trinajstić information content (AvgIpc) is 1.12. The van der Waals surface area contributed by atoms with Crippen LogP contribution in [0.1, 0.15) is 0 Å². The Morgan fingerprint density at radius 3 is 0.533 bits per heavy atom. The van der Waals surface area contributed by atoms with E-state index < -0.39 is 20.5 Å². The van der Waals surface area contributed by atoms with E-state index in [1.165, 1.54) is 0 Å². The monoisotopic (exact) mass is 328 g/mol. The van der Waals surface area contributed by atoms with Gasteiger partial charge in [-0.2, -0.15) is 28.0 Å². The van der Waals surface area contributed by atoms with E-state index >= 15 is 0 Å². The van der Waals surface area contributed by atoms with E-state index in [-0.39, 0.29) is 39.0 Å². The first-order valence-corrected chi connectivity index (χ1v) is 3.79. The maximum absolute atomic E-state index is 8.60. The zero-order valence-electron chi connectivity index (χ0n) is 6.45. The third-order valence-electron chi connectivity index (χ3n) is 0. The SMILES string of the molecule is O.O.O.O.[Fe].[O-][Cl+3]([O-])([O-])O.[O-][Cl+3]([O-])([O-])O. The van der Waals surface area contributed by atoms with Crippen LogP contribution in [-0.2, 0) is 17.1 Å². The minimum absolute atomic E-state index is 0. The molecule has 0 radical (unpaired) electrons. The van der Waals surface area contributed by atoms with Gasteiger partial charge in [-0.15, -0.1) is 0 Å². The molecule has 0 bridgehead atoms. The zero-order chi connectivity index (χ0) is 9.00. The van der Waals surface area contributed by atoms with Crippen LogP contribution in [0.25, 0.3) is 0 Å². The van der Waals surface area contributed by atoms with E-state index in [2.05, 4.69) is 0 Å². The fraction of sp³-hybridized carbons (Fsp3) is 0. The number of hydrogen-bond acceptors (Lipinski definition) is 8. The van der Waals surface area contributed by atoms with Gasteiger partial charge in [0.15, 0.2) is 0 Å². The molecule has 0 aliphatic heterocycles. The topological polar surface area (TPSA) is 305 Å². The molecule has 0 spiro atoms. The fourth-order valence-corrected chi connectivity index (χ4v) is 0. The van der Waals surface area contributed by atoms with Gasteiger partial charge in [-0.1, -0.05) is 0 Å². The molecule has 104 valence electrons. The number of halogens is 2. The molecule has 0 aromatic rings. The maximum Gasteiger partial charge on any atom is 0.0777 e. The summed E-state index contributed by atoms with van der Waals surface area (Å²) < 4.78 is 65.4. The van der Waals surface area contributed by atoms with Crippen molar-refractivity contribution in [2.45, 2.75) is 0 Å². The Morgan fingerprint density at radius 1 is 0.533 bits per heavy atom. The van der Waals surface area contributed by atoms with Gasteiger partial charge in [0.25, 0.3) is 0 Å². The van der Waals surface area contributed by atoms with Crippen molar-refractivity contribution in [1.29, 1.82) is 0 Å². The van der Waals surface area contributed by atoms with Gasteiger partial charge in [0.05, 0.1) is 29.8 Å². The molecule has 0 fully saturated rings. The van der Waals surface area contributed by atoms with Gasteiger partial charge in [0.1, 0.15) is 0 Å². The van der Waals surface area contributed by atoms with Crippen LogP contribution in [0.15, 0.2) is 0 Å². The van der Waals surface area contributed by atoms with E-state index in [4.69, 9.17) is 37.3 Å². The average molecular weight is 329 g/mol. The van der Waals surface area contributed by atoms with Gasteiger partial charge < -0.3 is 21.9 Å². The van der Waals surface area contributed by atoms with Crippen molar-refractivity contribution in [2.75, 3.05) is 0 Å². The van der Waals surface area contributed by atoms with E-state index in [9.17, 15) is 0 Å². The standard InChI is InChI=1S/2ClHO4.Fe.4H2O/c2*2-1(3,4)5;;;;;/h2*(H,2,3,4,5);;4*1H2. The summed E-state index contributed by atoms with van der Waals surface area (Å²) in [7, 11) is -9.39. The maximum atomic E-state index is 8.60. The molecule has 12 nitrogen and oxygen atoms in total. The molecule has 0 aromatic heterocycles. The summed E-state index contributed by atoms with van der Waals surface area (Å²) in [4.78, 5) is 0. The predicted octanol–water partition coefficient (Wildman–Crippen LogP) is -11.5. The minimum atomic E-state index is -4.69. The van der Waals surface area contributed by atoms with Crippen molar-refractivity contribution >= 4 is 0 Å². The summed E-state index contributed by atoms with van der Waals surface area (Å²) in [6, 6.07) is 0. The van der Waals surface area contributed by atoms with Crippen molar-refractivity contribution in [1.82, 2.24) is 0 Å². The molecule has 0 heterocycles. The Kier molecular flexibility index (Phi) is 51.0. The van der Waals surface area contributed by atoms with Gasteiger partial charge in [-0.25, -0.2) is 0 Å². The van der Waals surface area contributed by atoms with Crippen LogP contribution in [0.4, 0.5) is 0 Å². The third-order valence-corrected chi connectivity index (χ3v) is 0. The van der Waals surface area contributed by atoms with Crippen LogP contribution in [0.5, 0.6) is 0 Å². The van der Waals surface area contributed by atoms with E-state index in [0.29, 0.717) is 0 Å². The first-order chi connectivity index (χ1) is 4.00. The van der Waals surface area contributed by atoms with Crippen LogP contribution in [0.3, 0.4) is 0 Å². The van der Waals surface area contributed by atoms with Crippen LogP contribution >= 0.6 is 0 Å².